The fraction of sp³-hybridized carbons (Fsp3) is 0.556. The van der Waals surface area contributed by atoms with Crippen molar-refractivity contribution in [1.82, 2.24) is 15.1 Å². The molecule has 14 heavy (non-hydrogen) atoms. The van der Waals surface area contributed by atoms with Crippen LogP contribution >= 0.6 is 0 Å². The van der Waals surface area contributed by atoms with Crippen molar-refractivity contribution in [2.24, 2.45) is 7.05 Å². The second-order valence-electron chi connectivity index (χ2n) is 3.36. The molecule has 0 saturated heterocycles. The molecule has 0 aliphatic carbocycles. The Morgan fingerprint density at radius 3 is 2.86 bits per heavy atom. The summed E-state index contributed by atoms with van der Waals surface area (Å²) in [6.07, 6.45) is 0.902. The Balaban J connectivity index is 2.74. The predicted octanol–water partition coefficient (Wildman–Crippen LogP) is 0.531. The zero-order valence-corrected chi connectivity index (χ0v) is 8.74. The lowest BCUT2D eigenvalue weighted by Crippen LogP contribution is -2.33. The van der Waals surface area contributed by atoms with Crippen LogP contribution in [0.4, 0.5) is 5.82 Å². The molecule has 5 nitrogen and oxygen atoms in total. The Morgan fingerprint density at radius 2 is 2.43 bits per heavy atom. The van der Waals surface area contributed by atoms with Gasteiger partial charge in [-0.05, 0) is 13.3 Å². The van der Waals surface area contributed by atoms with E-state index in [1.165, 1.54) is 4.68 Å². The van der Waals surface area contributed by atoms with Crippen molar-refractivity contribution in [3.05, 3.63) is 11.8 Å². The maximum atomic E-state index is 11.6. The van der Waals surface area contributed by atoms with Crippen LogP contribution in [0.5, 0.6) is 0 Å². The predicted molar refractivity (Wildman–Crippen MR) is 54.8 cm³/mol. The molecule has 5 heteroatoms. The van der Waals surface area contributed by atoms with Gasteiger partial charge in [-0.15, -0.1) is 0 Å². The number of nitrogens with one attached hydrogen (secondary N) is 1. The highest BCUT2D eigenvalue weighted by Gasteiger charge is 2.13. The van der Waals surface area contributed by atoms with Crippen LogP contribution < -0.4 is 11.1 Å². The van der Waals surface area contributed by atoms with Gasteiger partial charge in [-0.1, -0.05) is 6.92 Å². The van der Waals surface area contributed by atoms with Crippen LogP contribution in [0, 0.1) is 0 Å². The number of nitrogen functional groups attached to an aromatic ring is 1. The maximum Gasteiger partial charge on any atom is 0.269 e. The Morgan fingerprint density at radius 1 is 1.79 bits per heavy atom. The number of nitrogens with two attached hydrogens (primary N) is 1. The molecule has 1 rings (SSSR count). The van der Waals surface area contributed by atoms with Gasteiger partial charge in [0.25, 0.3) is 5.91 Å². The molecule has 0 aliphatic rings. The number of carbonyl (C=O) groups excluding carboxylic acids is 1. The molecule has 1 aromatic heterocycles. The molecule has 1 atom stereocenters. The van der Waals surface area contributed by atoms with Crippen LogP contribution in [0.15, 0.2) is 6.07 Å². The first-order valence-electron chi connectivity index (χ1n) is 4.65. The summed E-state index contributed by atoms with van der Waals surface area (Å²) >= 11 is 0. The largest absolute Gasteiger partial charge is 0.382 e. The molecule has 1 aromatic rings. The number of carbonyl (C=O) groups is 1. The minimum atomic E-state index is -0.133. The maximum absolute atomic E-state index is 11.6. The number of nitrogens with zero attached hydrogens (tertiary/aromatic N) is 2. The third-order valence-corrected chi connectivity index (χ3v) is 2.12. The van der Waals surface area contributed by atoms with Crippen molar-refractivity contribution in [3.8, 4) is 0 Å². The van der Waals surface area contributed by atoms with Gasteiger partial charge < -0.3 is 11.1 Å². The molecule has 78 valence electrons. The molecule has 1 amide bonds. The van der Waals surface area contributed by atoms with E-state index in [0.717, 1.165) is 6.42 Å². The number of amides is 1. The zero-order valence-electron chi connectivity index (χ0n) is 8.74. The third kappa shape index (κ3) is 2.25. The van der Waals surface area contributed by atoms with Crippen LogP contribution in [0.25, 0.3) is 0 Å². The summed E-state index contributed by atoms with van der Waals surface area (Å²) in [4.78, 5) is 11.6. The summed E-state index contributed by atoms with van der Waals surface area (Å²) in [6.45, 7) is 3.97. The molecule has 3 N–H and O–H groups in total. The molecule has 0 aliphatic heterocycles. The fourth-order valence-corrected chi connectivity index (χ4v) is 1.10. The first-order valence-corrected chi connectivity index (χ1v) is 4.65. The minimum absolute atomic E-state index is 0.133. The quantitative estimate of drug-likeness (QED) is 0.740. The van der Waals surface area contributed by atoms with Crippen LogP contribution in [-0.2, 0) is 7.05 Å². The summed E-state index contributed by atoms with van der Waals surface area (Å²) in [6, 6.07) is 1.73. The van der Waals surface area contributed by atoms with Gasteiger partial charge in [0, 0.05) is 19.2 Å². The summed E-state index contributed by atoms with van der Waals surface area (Å²) in [5.74, 6) is 0.229. The Hall–Kier alpha value is -1.52. The highest BCUT2D eigenvalue weighted by molar-refractivity contribution is 5.93. The topological polar surface area (TPSA) is 72.9 Å². The van der Waals surface area contributed by atoms with Gasteiger partial charge in [-0.3, -0.25) is 9.48 Å². The first-order chi connectivity index (χ1) is 6.54. The van der Waals surface area contributed by atoms with Crippen molar-refractivity contribution in [2.45, 2.75) is 26.3 Å². The van der Waals surface area contributed by atoms with Crippen LogP contribution in [0.3, 0.4) is 0 Å². The normalized spacial score (nSPS) is 12.5. The lowest BCUT2D eigenvalue weighted by molar-refractivity contribution is 0.0930. The number of rotatable bonds is 3. The SMILES string of the molecule is CC[C@@H](C)NC(=O)c1cc(N)nn1C. The zero-order chi connectivity index (χ0) is 10.7. The van der Waals surface area contributed by atoms with E-state index in [2.05, 4.69) is 10.4 Å². The van der Waals surface area contributed by atoms with E-state index in [0.29, 0.717) is 11.5 Å². The van der Waals surface area contributed by atoms with E-state index in [9.17, 15) is 4.79 Å². The van der Waals surface area contributed by atoms with Crippen LogP contribution in [0.1, 0.15) is 30.8 Å². The van der Waals surface area contributed by atoms with Gasteiger partial charge in [0.15, 0.2) is 0 Å². The average molecular weight is 196 g/mol. The molecule has 0 aromatic carbocycles. The summed E-state index contributed by atoms with van der Waals surface area (Å²) < 4.78 is 1.48. The number of anilines is 1. The molecular formula is C9H16N4O. The van der Waals surface area contributed by atoms with Gasteiger partial charge in [0.1, 0.15) is 11.5 Å². The second kappa shape index (κ2) is 4.13. The van der Waals surface area contributed by atoms with Crippen molar-refractivity contribution in [3.63, 3.8) is 0 Å². The van der Waals surface area contributed by atoms with Gasteiger partial charge in [-0.2, -0.15) is 5.10 Å². The Bertz CT molecular complexity index is 332. The monoisotopic (exact) mass is 196 g/mol. The molecule has 0 fully saturated rings. The van der Waals surface area contributed by atoms with Crippen LogP contribution in [-0.4, -0.2) is 21.7 Å². The van der Waals surface area contributed by atoms with Gasteiger partial charge >= 0.3 is 0 Å². The summed E-state index contributed by atoms with van der Waals surface area (Å²) in [7, 11) is 1.70. The standard InChI is InChI=1S/C9H16N4O/c1-4-6(2)11-9(14)7-5-8(10)12-13(7)3/h5-6H,4H2,1-3H3,(H2,10,12)(H,11,14)/t6-/m1/s1. The van der Waals surface area contributed by atoms with Crippen molar-refractivity contribution < 1.29 is 4.79 Å². The number of hydrogen-bond donors (Lipinski definition) is 2. The van der Waals surface area contributed by atoms with E-state index in [-0.39, 0.29) is 11.9 Å². The summed E-state index contributed by atoms with van der Waals surface area (Å²) in [5.41, 5.74) is 5.96. The molecule has 0 unspecified atom stereocenters. The lowest BCUT2D eigenvalue weighted by atomic mass is 10.2. The molecule has 0 spiro atoms. The fourth-order valence-electron chi connectivity index (χ4n) is 1.10. The van der Waals surface area contributed by atoms with Gasteiger partial charge in [0.2, 0.25) is 0 Å². The second-order valence-corrected chi connectivity index (χ2v) is 3.36. The first kappa shape index (κ1) is 10.6. The molecule has 0 saturated carbocycles. The number of aromatic nitrogens is 2. The average Bonchev–Trinajstić information content (AvgIpc) is 2.45. The molecule has 0 radical (unpaired) electrons. The summed E-state index contributed by atoms with van der Waals surface area (Å²) in [5, 5.41) is 6.74. The van der Waals surface area contributed by atoms with Gasteiger partial charge in [0.05, 0.1) is 0 Å². The Labute approximate surface area is 83.3 Å². The van der Waals surface area contributed by atoms with E-state index in [4.69, 9.17) is 5.73 Å². The number of aryl methyl sites for hydroxylation is 1. The van der Waals surface area contributed by atoms with Crippen LogP contribution in [0.2, 0.25) is 0 Å². The van der Waals surface area contributed by atoms with Crippen molar-refractivity contribution in [1.29, 1.82) is 0 Å². The Kier molecular flexibility index (Phi) is 3.11. The lowest BCUT2D eigenvalue weighted by Gasteiger charge is -2.10. The smallest absolute Gasteiger partial charge is 0.269 e. The third-order valence-electron chi connectivity index (χ3n) is 2.12. The number of hydrogen-bond acceptors (Lipinski definition) is 3. The van der Waals surface area contributed by atoms with E-state index < -0.39 is 0 Å². The van der Waals surface area contributed by atoms with Crippen molar-refractivity contribution in [2.75, 3.05) is 5.73 Å². The molecule has 1 heterocycles. The van der Waals surface area contributed by atoms with E-state index in [1.54, 1.807) is 13.1 Å². The molecular weight excluding hydrogens is 180 g/mol. The van der Waals surface area contributed by atoms with E-state index in [1.807, 2.05) is 13.8 Å². The highest BCUT2D eigenvalue weighted by atomic mass is 16.2. The van der Waals surface area contributed by atoms with E-state index >= 15 is 0 Å². The highest BCUT2D eigenvalue weighted by Crippen LogP contribution is 2.04. The molecule has 0 bridgehead atoms. The minimum Gasteiger partial charge on any atom is -0.382 e. The van der Waals surface area contributed by atoms with Gasteiger partial charge in [-0.25, -0.2) is 0 Å². The van der Waals surface area contributed by atoms with Crippen molar-refractivity contribution >= 4 is 11.7 Å².